The van der Waals surface area contributed by atoms with Crippen LogP contribution in [-0.4, -0.2) is 35.0 Å². The van der Waals surface area contributed by atoms with E-state index in [1.165, 1.54) is 0 Å². The summed E-state index contributed by atoms with van der Waals surface area (Å²) >= 11 is 0. The quantitative estimate of drug-likeness (QED) is 0.666. The predicted molar refractivity (Wildman–Crippen MR) is 62.9 cm³/mol. The Morgan fingerprint density at radius 3 is 2.56 bits per heavy atom. The van der Waals surface area contributed by atoms with Crippen molar-refractivity contribution in [2.45, 2.75) is 19.9 Å². The summed E-state index contributed by atoms with van der Waals surface area (Å²) in [6.45, 7) is 4.33. The van der Waals surface area contributed by atoms with E-state index in [0.29, 0.717) is 6.54 Å². The van der Waals surface area contributed by atoms with Gasteiger partial charge in [0.05, 0.1) is 18.9 Å². The van der Waals surface area contributed by atoms with E-state index in [-0.39, 0.29) is 19.3 Å². The van der Waals surface area contributed by atoms with Gasteiger partial charge in [0, 0.05) is 24.2 Å². The molecule has 3 N–H and O–H groups in total. The van der Waals surface area contributed by atoms with Crippen LogP contribution >= 0.6 is 0 Å². The molecule has 90 valence electrons. The lowest BCUT2D eigenvalue weighted by Gasteiger charge is -2.27. The molecule has 1 atom stereocenters. The van der Waals surface area contributed by atoms with Gasteiger partial charge >= 0.3 is 0 Å². The van der Waals surface area contributed by atoms with E-state index in [4.69, 9.17) is 10.2 Å². The number of nitrogens with one attached hydrogen (secondary N) is 1. The Kier molecular flexibility index (Phi) is 4.86. The van der Waals surface area contributed by atoms with Gasteiger partial charge in [-0.05, 0) is 19.1 Å². The Balaban J connectivity index is 2.50. The Labute approximate surface area is 96.3 Å². The molecule has 0 aliphatic heterocycles. The number of aliphatic hydroxyl groups excluding tert-OH is 2. The number of pyridine rings is 1. The fraction of sp³-hybridized carbons (Fsp3) is 0.583. The molecule has 0 unspecified atom stereocenters. The molecule has 0 aliphatic carbocycles. The fourth-order valence-electron chi connectivity index (χ4n) is 1.30. The minimum absolute atomic E-state index is 0.0363. The van der Waals surface area contributed by atoms with Crippen LogP contribution in [0.25, 0.3) is 0 Å². The van der Waals surface area contributed by atoms with E-state index in [0.717, 1.165) is 5.69 Å². The van der Waals surface area contributed by atoms with Crippen LogP contribution in [0.4, 0.5) is 0 Å². The Bertz CT molecular complexity index is 299. The maximum Gasteiger partial charge on any atom is 0.0570 e. The lowest BCUT2D eigenvalue weighted by molar-refractivity contribution is 0.0676. The topological polar surface area (TPSA) is 65.4 Å². The van der Waals surface area contributed by atoms with Crippen LogP contribution in [0.2, 0.25) is 0 Å². The SMILES string of the molecule is C[C@H](NCC(C)(CO)CO)c1ccccn1. The Morgan fingerprint density at radius 2 is 2.06 bits per heavy atom. The number of nitrogens with zero attached hydrogens (tertiary/aromatic N) is 1. The molecule has 1 heterocycles. The van der Waals surface area contributed by atoms with Crippen molar-refractivity contribution in [2.75, 3.05) is 19.8 Å². The van der Waals surface area contributed by atoms with Gasteiger partial charge in [-0.25, -0.2) is 0 Å². The minimum atomic E-state index is -0.483. The van der Waals surface area contributed by atoms with E-state index in [1.807, 2.05) is 32.0 Å². The average Bonchev–Trinajstić information content (AvgIpc) is 2.36. The summed E-state index contributed by atoms with van der Waals surface area (Å²) < 4.78 is 0. The highest BCUT2D eigenvalue weighted by atomic mass is 16.3. The van der Waals surface area contributed by atoms with Gasteiger partial charge in [0.15, 0.2) is 0 Å². The molecule has 0 aliphatic rings. The van der Waals surface area contributed by atoms with Crippen LogP contribution in [0.3, 0.4) is 0 Å². The van der Waals surface area contributed by atoms with Gasteiger partial charge in [-0.2, -0.15) is 0 Å². The Hall–Kier alpha value is -0.970. The molecule has 0 spiro atoms. The van der Waals surface area contributed by atoms with Gasteiger partial charge in [-0.3, -0.25) is 4.98 Å². The summed E-state index contributed by atoms with van der Waals surface area (Å²) in [6, 6.07) is 5.88. The maximum atomic E-state index is 9.15. The third-order valence-corrected chi connectivity index (χ3v) is 2.73. The monoisotopic (exact) mass is 224 g/mol. The smallest absolute Gasteiger partial charge is 0.0570 e. The van der Waals surface area contributed by atoms with E-state index in [9.17, 15) is 0 Å². The van der Waals surface area contributed by atoms with E-state index >= 15 is 0 Å². The number of aliphatic hydroxyl groups is 2. The van der Waals surface area contributed by atoms with Crippen molar-refractivity contribution in [3.63, 3.8) is 0 Å². The number of hydrogen-bond acceptors (Lipinski definition) is 4. The van der Waals surface area contributed by atoms with Crippen molar-refractivity contribution < 1.29 is 10.2 Å². The van der Waals surface area contributed by atoms with Gasteiger partial charge in [-0.1, -0.05) is 13.0 Å². The van der Waals surface area contributed by atoms with E-state index in [1.54, 1.807) is 6.20 Å². The molecule has 1 aromatic heterocycles. The van der Waals surface area contributed by atoms with Crippen LogP contribution in [0, 0.1) is 5.41 Å². The van der Waals surface area contributed by atoms with Crippen molar-refractivity contribution in [2.24, 2.45) is 5.41 Å². The minimum Gasteiger partial charge on any atom is -0.396 e. The molecule has 4 nitrogen and oxygen atoms in total. The first-order valence-electron chi connectivity index (χ1n) is 5.47. The van der Waals surface area contributed by atoms with Crippen molar-refractivity contribution in [3.8, 4) is 0 Å². The first-order valence-corrected chi connectivity index (χ1v) is 5.47. The fourth-order valence-corrected chi connectivity index (χ4v) is 1.30. The number of aromatic nitrogens is 1. The summed E-state index contributed by atoms with van der Waals surface area (Å²) in [6.07, 6.45) is 1.75. The molecular weight excluding hydrogens is 204 g/mol. The number of rotatable bonds is 6. The van der Waals surface area contributed by atoms with Crippen molar-refractivity contribution in [3.05, 3.63) is 30.1 Å². The molecule has 1 rings (SSSR count). The van der Waals surface area contributed by atoms with Crippen LogP contribution < -0.4 is 5.32 Å². The zero-order chi connectivity index (χ0) is 12.0. The highest BCUT2D eigenvalue weighted by Crippen LogP contribution is 2.15. The van der Waals surface area contributed by atoms with E-state index < -0.39 is 5.41 Å². The van der Waals surface area contributed by atoms with Gasteiger partial charge in [0.2, 0.25) is 0 Å². The highest BCUT2D eigenvalue weighted by molar-refractivity contribution is 5.07. The van der Waals surface area contributed by atoms with Crippen LogP contribution in [0.15, 0.2) is 24.4 Å². The molecule has 0 radical (unpaired) electrons. The molecule has 0 bridgehead atoms. The molecule has 0 amide bonds. The van der Waals surface area contributed by atoms with Crippen LogP contribution in [0.5, 0.6) is 0 Å². The highest BCUT2D eigenvalue weighted by Gasteiger charge is 2.23. The second-order valence-corrected chi connectivity index (χ2v) is 4.48. The van der Waals surface area contributed by atoms with Gasteiger partial charge in [0.25, 0.3) is 0 Å². The summed E-state index contributed by atoms with van der Waals surface area (Å²) in [4.78, 5) is 4.24. The zero-order valence-corrected chi connectivity index (χ0v) is 9.85. The first kappa shape index (κ1) is 13.1. The molecule has 16 heavy (non-hydrogen) atoms. The second-order valence-electron chi connectivity index (χ2n) is 4.48. The third kappa shape index (κ3) is 3.56. The normalized spacial score (nSPS) is 13.8. The van der Waals surface area contributed by atoms with Gasteiger partial charge < -0.3 is 15.5 Å². The zero-order valence-electron chi connectivity index (χ0n) is 9.85. The second kappa shape index (κ2) is 5.94. The lowest BCUT2D eigenvalue weighted by atomic mass is 9.92. The molecule has 0 saturated heterocycles. The average molecular weight is 224 g/mol. The third-order valence-electron chi connectivity index (χ3n) is 2.73. The summed E-state index contributed by atoms with van der Waals surface area (Å²) in [5.41, 5.74) is 0.476. The summed E-state index contributed by atoms with van der Waals surface area (Å²) in [5, 5.41) is 21.6. The van der Waals surface area contributed by atoms with E-state index in [2.05, 4.69) is 10.3 Å². The standard InChI is InChI=1S/C12H20N2O2/c1-10(11-5-3-4-6-13-11)14-7-12(2,8-15)9-16/h3-6,10,14-16H,7-9H2,1-2H3/t10-/m0/s1. The molecular formula is C12H20N2O2. The molecule has 1 aromatic rings. The predicted octanol–water partition coefficient (Wildman–Crippen LogP) is 0.723. The van der Waals surface area contributed by atoms with Gasteiger partial charge in [0.1, 0.15) is 0 Å². The molecule has 4 heteroatoms. The largest absolute Gasteiger partial charge is 0.396 e. The molecule has 0 aromatic carbocycles. The van der Waals surface area contributed by atoms with Crippen LogP contribution in [-0.2, 0) is 0 Å². The number of hydrogen-bond donors (Lipinski definition) is 3. The van der Waals surface area contributed by atoms with Crippen molar-refractivity contribution in [1.82, 2.24) is 10.3 Å². The Morgan fingerprint density at radius 1 is 1.38 bits per heavy atom. The molecule has 0 fully saturated rings. The molecule has 0 saturated carbocycles. The van der Waals surface area contributed by atoms with Gasteiger partial charge in [-0.15, -0.1) is 0 Å². The summed E-state index contributed by atoms with van der Waals surface area (Å²) in [5.74, 6) is 0. The summed E-state index contributed by atoms with van der Waals surface area (Å²) in [7, 11) is 0. The van der Waals surface area contributed by atoms with Crippen LogP contribution in [0.1, 0.15) is 25.6 Å². The maximum absolute atomic E-state index is 9.15. The van der Waals surface area contributed by atoms with Crippen molar-refractivity contribution in [1.29, 1.82) is 0 Å². The first-order chi connectivity index (χ1) is 7.61. The lowest BCUT2D eigenvalue weighted by Crippen LogP contribution is -2.39. The van der Waals surface area contributed by atoms with Crippen molar-refractivity contribution >= 4 is 0 Å².